The maximum Gasteiger partial charge on any atom is 0.0575 e. The van der Waals surface area contributed by atoms with Crippen molar-refractivity contribution in [3.05, 3.63) is 90.0 Å². The number of hydrogen-bond donors (Lipinski definition) is 0. The van der Waals surface area contributed by atoms with E-state index in [0.29, 0.717) is 0 Å². The number of aromatic nitrogens is 1. The Hall–Kier alpha value is -2.80. The molecule has 1 heteroatoms. The van der Waals surface area contributed by atoms with Crippen molar-refractivity contribution < 1.29 is 0 Å². The quantitative estimate of drug-likeness (QED) is 0.419. The van der Waals surface area contributed by atoms with Gasteiger partial charge in [0.15, 0.2) is 0 Å². The normalized spacial score (nSPS) is 13.3. The van der Waals surface area contributed by atoms with Gasteiger partial charge in [0.2, 0.25) is 0 Å². The highest BCUT2D eigenvalue weighted by Crippen LogP contribution is 2.40. The third kappa shape index (κ3) is 1.94. The molecule has 24 heavy (non-hydrogen) atoms. The average molecular weight is 309 g/mol. The van der Waals surface area contributed by atoms with Crippen LogP contribution in [0.1, 0.15) is 17.5 Å². The van der Waals surface area contributed by atoms with Crippen LogP contribution in [0.5, 0.6) is 0 Å². The van der Waals surface area contributed by atoms with Crippen LogP contribution in [0.25, 0.3) is 27.8 Å². The van der Waals surface area contributed by atoms with E-state index in [0.717, 1.165) is 12.8 Å². The molecule has 0 saturated heterocycles. The summed E-state index contributed by atoms with van der Waals surface area (Å²) in [4.78, 5) is 0. The second-order valence-electron chi connectivity index (χ2n) is 6.53. The highest BCUT2D eigenvalue weighted by molar-refractivity contribution is 5.94. The van der Waals surface area contributed by atoms with Crippen molar-refractivity contribution in [2.24, 2.45) is 0 Å². The lowest BCUT2D eigenvalue weighted by atomic mass is 10.0. The smallest absolute Gasteiger partial charge is 0.0575 e. The summed E-state index contributed by atoms with van der Waals surface area (Å²) in [6.45, 7) is 0. The third-order valence-corrected chi connectivity index (χ3v) is 5.14. The standard InChI is InChI=1S/C23H19N/c1-2-11-18(12-3-1)24-22-16-7-6-14-20(22)21-15-8-10-17-9-4-5-13-19(17)23(21)24/h1-7,9,11-14,16H,8,10,15H2. The van der Waals surface area contributed by atoms with E-state index in [9.17, 15) is 0 Å². The van der Waals surface area contributed by atoms with Crippen molar-refractivity contribution in [3.8, 4) is 16.9 Å². The van der Waals surface area contributed by atoms with E-state index in [-0.39, 0.29) is 0 Å². The minimum absolute atomic E-state index is 1.14. The fraction of sp³-hybridized carbons (Fsp3) is 0.130. The van der Waals surface area contributed by atoms with Gasteiger partial charge in [-0.2, -0.15) is 0 Å². The molecule has 0 unspecified atom stereocenters. The van der Waals surface area contributed by atoms with Crippen LogP contribution in [-0.2, 0) is 12.8 Å². The van der Waals surface area contributed by atoms with Gasteiger partial charge in [0, 0.05) is 16.6 Å². The minimum Gasteiger partial charge on any atom is -0.309 e. The van der Waals surface area contributed by atoms with Crippen molar-refractivity contribution in [1.29, 1.82) is 0 Å². The number of rotatable bonds is 1. The van der Waals surface area contributed by atoms with Crippen LogP contribution in [0.4, 0.5) is 0 Å². The summed E-state index contributed by atoms with van der Waals surface area (Å²) in [5.41, 5.74) is 8.30. The zero-order valence-corrected chi connectivity index (χ0v) is 13.6. The molecule has 0 atom stereocenters. The van der Waals surface area contributed by atoms with Crippen LogP contribution in [-0.4, -0.2) is 4.57 Å². The summed E-state index contributed by atoms with van der Waals surface area (Å²) in [6.07, 6.45) is 3.52. The molecule has 0 saturated carbocycles. The van der Waals surface area contributed by atoms with Crippen LogP contribution >= 0.6 is 0 Å². The number of para-hydroxylation sites is 2. The Morgan fingerprint density at radius 3 is 2.33 bits per heavy atom. The van der Waals surface area contributed by atoms with E-state index in [4.69, 9.17) is 0 Å². The van der Waals surface area contributed by atoms with Gasteiger partial charge in [-0.05, 0) is 48.6 Å². The van der Waals surface area contributed by atoms with Crippen molar-refractivity contribution in [3.63, 3.8) is 0 Å². The first-order valence-corrected chi connectivity index (χ1v) is 8.69. The summed E-state index contributed by atoms with van der Waals surface area (Å²) < 4.78 is 2.45. The second-order valence-corrected chi connectivity index (χ2v) is 6.53. The molecule has 1 aromatic heterocycles. The minimum atomic E-state index is 1.14. The molecular weight excluding hydrogens is 290 g/mol. The van der Waals surface area contributed by atoms with Gasteiger partial charge in [0.25, 0.3) is 0 Å². The molecule has 0 aliphatic heterocycles. The molecule has 1 aliphatic carbocycles. The van der Waals surface area contributed by atoms with Gasteiger partial charge < -0.3 is 4.57 Å². The summed E-state index contributed by atoms with van der Waals surface area (Å²) in [7, 11) is 0. The molecule has 1 aliphatic rings. The number of nitrogens with zero attached hydrogens (tertiary/aromatic N) is 1. The number of hydrogen-bond acceptors (Lipinski definition) is 0. The van der Waals surface area contributed by atoms with E-state index in [1.54, 1.807) is 0 Å². The monoisotopic (exact) mass is 309 g/mol. The van der Waals surface area contributed by atoms with Crippen LogP contribution in [0.2, 0.25) is 0 Å². The number of aryl methyl sites for hydroxylation is 2. The van der Waals surface area contributed by atoms with E-state index in [1.807, 2.05) is 0 Å². The topological polar surface area (TPSA) is 4.93 Å². The summed E-state index contributed by atoms with van der Waals surface area (Å²) in [5, 5.41) is 1.40. The second kappa shape index (κ2) is 5.38. The van der Waals surface area contributed by atoms with Crippen LogP contribution < -0.4 is 0 Å². The molecule has 3 aromatic carbocycles. The van der Waals surface area contributed by atoms with Gasteiger partial charge in [0.05, 0.1) is 11.2 Å². The van der Waals surface area contributed by atoms with Gasteiger partial charge in [-0.15, -0.1) is 0 Å². The summed E-state index contributed by atoms with van der Waals surface area (Å²) in [6, 6.07) is 28.5. The lowest BCUT2D eigenvalue weighted by Crippen LogP contribution is -1.98. The maximum absolute atomic E-state index is 2.45. The summed E-state index contributed by atoms with van der Waals surface area (Å²) >= 11 is 0. The Balaban J connectivity index is 1.96. The predicted molar refractivity (Wildman–Crippen MR) is 101 cm³/mol. The van der Waals surface area contributed by atoms with Gasteiger partial charge in [0.1, 0.15) is 0 Å². The highest BCUT2D eigenvalue weighted by atomic mass is 15.0. The zero-order chi connectivity index (χ0) is 15.9. The first kappa shape index (κ1) is 13.6. The Morgan fingerprint density at radius 2 is 1.42 bits per heavy atom. The zero-order valence-electron chi connectivity index (χ0n) is 13.6. The largest absolute Gasteiger partial charge is 0.309 e. The van der Waals surface area contributed by atoms with Crippen molar-refractivity contribution in [2.75, 3.05) is 0 Å². The molecule has 0 fully saturated rings. The molecule has 0 spiro atoms. The molecule has 116 valence electrons. The molecule has 4 aromatic rings. The third-order valence-electron chi connectivity index (χ3n) is 5.14. The van der Waals surface area contributed by atoms with Crippen molar-refractivity contribution in [2.45, 2.75) is 19.3 Å². The van der Waals surface area contributed by atoms with Crippen LogP contribution in [0.3, 0.4) is 0 Å². The van der Waals surface area contributed by atoms with Gasteiger partial charge in [-0.1, -0.05) is 60.7 Å². The SMILES string of the molecule is c1ccc(-n2c3c(c4ccccc42)CCCc2ccccc2-3)cc1. The maximum atomic E-state index is 2.45. The van der Waals surface area contributed by atoms with Gasteiger partial charge in [-0.25, -0.2) is 0 Å². The lowest BCUT2D eigenvalue weighted by molar-refractivity contribution is 0.838. The van der Waals surface area contributed by atoms with E-state index in [2.05, 4.69) is 83.4 Å². The molecular formula is C23H19N. The fourth-order valence-electron chi connectivity index (χ4n) is 4.11. The average Bonchev–Trinajstić information content (AvgIpc) is 2.85. The highest BCUT2D eigenvalue weighted by Gasteiger charge is 2.23. The van der Waals surface area contributed by atoms with Crippen LogP contribution in [0, 0.1) is 0 Å². The first-order valence-electron chi connectivity index (χ1n) is 8.69. The van der Waals surface area contributed by atoms with E-state index >= 15 is 0 Å². The first-order chi connectivity index (χ1) is 11.9. The van der Waals surface area contributed by atoms with Crippen molar-refractivity contribution in [1.82, 2.24) is 4.57 Å². The molecule has 1 nitrogen and oxygen atoms in total. The van der Waals surface area contributed by atoms with Gasteiger partial charge in [-0.3, -0.25) is 0 Å². The lowest BCUT2D eigenvalue weighted by Gasteiger charge is -2.14. The number of benzene rings is 3. The molecule has 0 radical (unpaired) electrons. The number of fused-ring (bicyclic) bond motifs is 5. The molecule has 1 heterocycles. The summed E-state index contributed by atoms with van der Waals surface area (Å²) in [5.74, 6) is 0. The Kier molecular flexibility index (Phi) is 3.05. The van der Waals surface area contributed by atoms with Gasteiger partial charge >= 0.3 is 0 Å². The Bertz CT molecular complexity index is 1020. The van der Waals surface area contributed by atoms with Crippen LogP contribution in [0.15, 0.2) is 78.9 Å². The molecule has 5 rings (SSSR count). The molecule has 0 amide bonds. The fourth-order valence-corrected chi connectivity index (χ4v) is 4.11. The Morgan fingerprint density at radius 1 is 0.667 bits per heavy atom. The van der Waals surface area contributed by atoms with E-state index in [1.165, 1.54) is 45.4 Å². The Labute approximate surface area is 142 Å². The molecule has 0 bridgehead atoms. The molecule has 0 N–H and O–H groups in total. The predicted octanol–water partition coefficient (Wildman–Crippen LogP) is 5.79. The van der Waals surface area contributed by atoms with Crippen molar-refractivity contribution >= 4 is 10.9 Å². The van der Waals surface area contributed by atoms with E-state index < -0.39 is 0 Å².